The lowest BCUT2D eigenvalue weighted by atomic mass is 9.99. The van der Waals surface area contributed by atoms with Crippen molar-refractivity contribution in [3.8, 4) is 5.75 Å². The molecule has 0 spiro atoms. The Bertz CT molecular complexity index is 1170. The standard InChI is InChI=1S/C20H20F3N5O3/c21-10-3-13(9-5-25-2-1-8(9)16(10)23)31-14-4-12(17(29)18(14)30)28-6-11(22)15-19(24)26-7-27-20(15)28/h3,6-7,12,14,17-18,25,29-30H,1-2,4-5H2,(H2,24,26,27)/t12-,14+,17+,18-/m1/s1. The minimum atomic E-state index is -1.34. The Kier molecular flexibility index (Phi) is 4.76. The number of benzene rings is 1. The molecule has 164 valence electrons. The second-order valence-electron chi connectivity index (χ2n) is 7.84. The summed E-state index contributed by atoms with van der Waals surface area (Å²) in [7, 11) is 0. The van der Waals surface area contributed by atoms with Gasteiger partial charge in [0.1, 0.15) is 41.9 Å². The zero-order chi connectivity index (χ0) is 21.9. The Morgan fingerprint density at radius 2 is 1.94 bits per heavy atom. The number of aliphatic hydroxyl groups excluding tert-OH is 2. The molecule has 0 unspecified atom stereocenters. The first-order valence-electron chi connectivity index (χ1n) is 9.86. The van der Waals surface area contributed by atoms with E-state index in [1.54, 1.807) is 0 Å². The summed E-state index contributed by atoms with van der Waals surface area (Å²) < 4.78 is 50.0. The highest BCUT2D eigenvalue weighted by Crippen LogP contribution is 2.39. The SMILES string of the molecule is Nc1ncnc2c1c(F)cn2[C@@H]1C[C@H](Oc2cc(F)c(F)c3c2CNCC3)[C@@H](O)[C@H]1O. The summed E-state index contributed by atoms with van der Waals surface area (Å²) in [6.45, 7) is 0.803. The molecule has 8 nitrogen and oxygen atoms in total. The van der Waals surface area contributed by atoms with Gasteiger partial charge in [-0.25, -0.2) is 23.1 Å². The molecule has 2 aliphatic rings. The van der Waals surface area contributed by atoms with Crippen molar-refractivity contribution in [1.82, 2.24) is 19.9 Å². The van der Waals surface area contributed by atoms with Gasteiger partial charge in [-0.05, 0) is 13.0 Å². The van der Waals surface area contributed by atoms with Crippen LogP contribution in [0.1, 0.15) is 23.6 Å². The van der Waals surface area contributed by atoms with Crippen LogP contribution < -0.4 is 15.8 Å². The molecule has 0 radical (unpaired) electrons. The van der Waals surface area contributed by atoms with Crippen molar-refractivity contribution < 1.29 is 28.1 Å². The average Bonchev–Trinajstić information content (AvgIpc) is 3.24. The molecule has 4 atom stereocenters. The number of nitrogen functional groups attached to an aromatic ring is 1. The molecule has 1 fully saturated rings. The third-order valence-electron chi connectivity index (χ3n) is 6.07. The molecule has 0 amide bonds. The number of aliphatic hydroxyl groups is 2. The molecule has 0 bridgehead atoms. The van der Waals surface area contributed by atoms with Crippen LogP contribution in [-0.4, -0.2) is 49.6 Å². The van der Waals surface area contributed by atoms with E-state index in [4.69, 9.17) is 10.5 Å². The van der Waals surface area contributed by atoms with Crippen LogP contribution in [0.25, 0.3) is 11.0 Å². The van der Waals surface area contributed by atoms with Crippen molar-refractivity contribution in [1.29, 1.82) is 0 Å². The Labute approximate surface area is 174 Å². The maximum Gasteiger partial charge on any atom is 0.162 e. The first kappa shape index (κ1) is 20.0. The van der Waals surface area contributed by atoms with Crippen molar-refractivity contribution in [2.75, 3.05) is 12.3 Å². The molecule has 1 aliphatic heterocycles. The van der Waals surface area contributed by atoms with Gasteiger partial charge >= 0.3 is 0 Å². The lowest BCUT2D eigenvalue weighted by molar-refractivity contribution is -0.0167. The lowest BCUT2D eigenvalue weighted by Gasteiger charge is -2.25. The first-order chi connectivity index (χ1) is 14.9. The van der Waals surface area contributed by atoms with E-state index in [1.165, 1.54) is 10.9 Å². The average molecular weight is 435 g/mol. The Morgan fingerprint density at radius 1 is 1.13 bits per heavy atom. The Balaban J connectivity index is 1.48. The summed E-state index contributed by atoms with van der Waals surface area (Å²) in [5.41, 5.74) is 6.64. The molecule has 3 heterocycles. The number of anilines is 1. The maximum absolute atomic E-state index is 14.4. The summed E-state index contributed by atoms with van der Waals surface area (Å²) in [4.78, 5) is 7.83. The predicted molar refractivity (Wildman–Crippen MR) is 104 cm³/mol. The number of ether oxygens (including phenoxy) is 1. The third-order valence-corrected chi connectivity index (χ3v) is 6.07. The van der Waals surface area contributed by atoms with E-state index < -0.39 is 41.8 Å². The zero-order valence-corrected chi connectivity index (χ0v) is 16.2. The number of nitrogens with zero attached hydrogens (tertiary/aromatic N) is 3. The first-order valence-corrected chi connectivity index (χ1v) is 9.86. The van der Waals surface area contributed by atoms with E-state index in [9.17, 15) is 23.4 Å². The van der Waals surface area contributed by atoms with Gasteiger partial charge in [-0.2, -0.15) is 0 Å². The lowest BCUT2D eigenvalue weighted by Crippen LogP contribution is -2.35. The number of hydrogen-bond acceptors (Lipinski definition) is 7. The highest BCUT2D eigenvalue weighted by molar-refractivity contribution is 5.86. The number of hydrogen-bond donors (Lipinski definition) is 4. The molecule has 1 aromatic carbocycles. The van der Waals surface area contributed by atoms with Gasteiger partial charge in [0, 0.05) is 36.4 Å². The Morgan fingerprint density at radius 3 is 2.74 bits per heavy atom. The largest absolute Gasteiger partial charge is 0.487 e. The number of nitrogens with one attached hydrogen (secondary N) is 1. The normalized spacial score (nSPS) is 25.7. The fourth-order valence-electron chi connectivity index (χ4n) is 4.52. The topological polar surface area (TPSA) is 118 Å². The van der Waals surface area contributed by atoms with Crippen molar-refractivity contribution in [3.05, 3.63) is 47.2 Å². The fraction of sp³-hybridized carbons (Fsp3) is 0.400. The molecule has 2 aromatic heterocycles. The summed E-state index contributed by atoms with van der Waals surface area (Å²) in [6.07, 6.45) is -0.877. The van der Waals surface area contributed by atoms with E-state index in [-0.39, 0.29) is 34.6 Å². The molecule has 11 heteroatoms. The van der Waals surface area contributed by atoms with Crippen LogP contribution in [0.2, 0.25) is 0 Å². The van der Waals surface area contributed by atoms with Gasteiger partial charge in [-0.15, -0.1) is 0 Å². The number of aromatic nitrogens is 3. The molecular weight excluding hydrogens is 415 g/mol. The van der Waals surface area contributed by atoms with Gasteiger partial charge in [0.05, 0.1) is 11.4 Å². The summed E-state index contributed by atoms with van der Waals surface area (Å²) >= 11 is 0. The molecule has 0 saturated heterocycles. The maximum atomic E-state index is 14.4. The molecule has 1 aliphatic carbocycles. The predicted octanol–water partition coefficient (Wildman–Crippen LogP) is 1.19. The van der Waals surface area contributed by atoms with Crippen molar-refractivity contribution in [2.24, 2.45) is 0 Å². The number of rotatable bonds is 3. The monoisotopic (exact) mass is 435 g/mol. The molecular formula is C20H20F3N5O3. The van der Waals surface area contributed by atoms with Crippen molar-refractivity contribution >= 4 is 16.9 Å². The minimum Gasteiger partial charge on any atom is -0.487 e. The van der Waals surface area contributed by atoms with Gasteiger partial charge in [0.25, 0.3) is 0 Å². The third kappa shape index (κ3) is 3.11. The van der Waals surface area contributed by atoms with Crippen LogP contribution in [0.3, 0.4) is 0 Å². The molecule has 1 saturated carbocycles. The second-order valence-corrected chi connectivity index (χ2v) is 7.84. The van der Waals surface area contributed by atoms with E-state index in [0.29, 0.717) is 25.1 Å². The fourth-order valence-corrected chi connectivity index (χ4v) is 4.52. The van der Waals surface area contributed by atoms with Crippen molar-refractivity contribution in [2.45, 2.75) is 43.7 Å². The Hall–Kier alpha value is -2.89. The second kappa shape index (κ2) is 7.36. The van der Waals surface area contributed by atoms with Crippen LogP contribution in [-0.2, 0) is 13.0 Å². The van der Waals surface area contributed by atoms with Crippen LogP contribution in [0.4, 0.5) is 19.0 Å². The van der Waals surface area contributed by atoms with Crippen molar-refractivity contribution in [3.63, 3.8) is 0 Å². The van der Waals surface area contributed by atoms with E-state index >= 15 is 0 Å². The van der Waals surface area contributed by atoms with Crippen LogP contribution >= 0.6 is 0 Å². The van der Waals surface area contributed by atoms with Gasteiger partial charge in [-0.3, -0.25) is 0 Å². The van der Waals surface area contributed by atoms with Crippen LogP contribution in [0, 0.1) is 17.5 Å². The van der Waals surface area contributed by atoms with Gasteiger partial charge in [0.2, 0.25) is 0 Å². The molecule has 31 heavy (non-hydrogen) atoms. The smallest absolute Gasteiger partial charge is 0.162 e. The summed E-state index contributed by atoms with van der Waals surface area (Å²) in [5, 5.41) is 24.3. The zero-order valence-electron chi connectivity index (χ0n) is 16.2. The van der Waals surface area contributed by atoms with E-state index in [2.05, 4.69) is 15.3 Å². The van der Waals surface area contributed by atoms with Gasteiger partial charge < -0.3 is 30.6 Å². The van der Waals surface area contributed by atoms with Gasteiger partial charge in [0.15, 0.2) is 17.5 Å². The molecule has 3 aromatic rings. The number of halogens is 3. The van der Waals surface area contributed by atoms with E-state index in [0.717, 1.165) is 12.3 Å². The number of nitrogens with two attached hydrogens (primary N) is 1. The molecule has 5 N–H and O–H groups in total. The van der Waals surface area contributed by atoms with Crippen LogP contribution in [0.15, 0.2) is 18.6 Å². The highest BCUT2D eigenvalue weighted by atomic mass is 19.2. The highest BCUT2D eigenvalue weighted by Gasteiger charge is 2.45. The minimum absolute atomic E-state index is 0.0225. The summed E-state index contributed by atoms with van der Waals surface area (Å²) in [6, 6.07) is 0.173. The number of fused-ring (bicyclic) bond motifs is 2. The van der Waals surface area contributed by atoms with E-state index in [1.807, 2.05) is 0 Å². The molecule has 5 rings (SSSR count). The quantitative estimate of drug-likeness (QED) is 0.488. The summed E-state index contributed by atoms with van der Waals surface area (Å²) in [5.74, 6) is -2.53. The van der Waals surface area contributed by atoms with Gasteiger partial charge in [-0.1, -0.05) is 0 Å². The van der Waals surface area contributed by atoms with Crippen LogP contribution in [0.5, 0.6) is 5.75 Å².